The Morgan fingerprint density at radius 3 is 2.63 bits per heavy atom. The van der Waals surface area contributed by atoms with E-state index in [1.54, 1.807) is 0 Å². The highest BCUT2D eigenvalue weighted by atomic mass is 15.3. The number of fused-ring (bicyclic) bond motifs is 8. The van der Waals surface area contributed by atoms with Gasteiger partial charge in [0.2, 0.25) is 0 Å². The zero-order chi connectivity index (χ0) is 19.7. The van der Waals surface area contributed by atoms with E-state index in [9.17, 15) is 0 Å². The van der Waals surface area contributed by atoms with Crippen LogP contribution in [0.2, 0.25) is 0 Å². The first kappa shape index (κ1) is 16.0. The molecule has 0 amide bonds. The van der Waals surface area contributed by atoms with Gasteiger partial charge in [-0.2, -0.15) is 5.10 Å². The highest BCUT2D eigenvalue weighted by Gasteiger charge is 2.14. The van der Waals surface area contributed by atoms with E-state index in [-0.39, 0.29) is 0 Å². The second-order valence-corrected chi connectivity index (χ2v) is 8.12. The first-order valence-corrected chi connectivity index (χ1v) is 10.5. The van der Waals surface area contributed by atoms with E-state index >= 15 is 0 Å². The molecular formula is C27H19N3. The highest BCUT2D eigenvalue weighted by Crippen LogP contribution is 2.37. The Balaban J connectivity index is 1.57. The summed E-state index contributed by atoms with van der Waals surface area (Å²) in [5.74, 6) is 0. The zero-order valence-corrected chi connectivity index (χ0v) is 16.4. The summed E-state index contributed by atoms with van der Waals surface area (Å²) in [7, 11) is 0. The topological polar surface area (TPSA) is 33.6 Å². The van der Waals surface area contributed by atoms with Crippen LogP contribution in [0.3, 0.4) is 0 Å². The van der Waals surface area contributed by atoms with E-state index in [2.05, 4.69) is 88.6 Å². The number of H-pyrrole nitrogens is 1. The lowest BCUT2D eigenvalue weighted by atomic mass is 9.99. The number of benzene rings is 4. The zero-order valence-electron chi connectivity index (χ0n) is 16.4. The Hall–Kier alpha value is -3.85. The maximum absolute atomic E-state index is 4.74. The third-order valence-corrected chi connectivity index (χ3v) is 6.39. The smallest absolute Gasteiger partial charge is 0.0748 e. The quantitative estimate of drug-likeness (QED) is 0.299. The number of allylic oxidation sites excluding steroid dienone is 4. The van der Waals surface area contributed by atoms with Crippen LogP contribution in [0.15, 0.2) is 85.1 Å². The van der Waals surface area contributed by atoms with E-state index in [1.165, 1.54) is 43.2 Å². The van der Waals surface area contributed by atoms with Gasteiger partial charge in [-0.25, -0.2) is 4.68 Å². The van der Waals surface area contributed by atoms with Gasteiger partial charge in [0, 0.05) is 27.2 Å². The standard InChI is InChI=1S/C27H19N3/c1-2-7-19(8-3-1)30-26-13-12-24-27(23(26)16-28-30)22-14-18-11-10-17-6-4-5-9-20(17)21(18)15-25(22)29-24/h2,4-16,29H,1,3H2. The summed E-state index contributed by atoms with van der Waals surface area (Å²) in [5.41, 5.74) is 4.64. The summed E-state index contributed by atoms with van der Waals surface area (Å²) in [5, 5.41) is 13.6. The predicted octanol–water partition coefficient (Wildman–Crippen LogP) is 7.17. The minimum Gasteiger partial charge on any atom is -0.354 e. The van der Waals surface area contributed by atoms with Gasteiger partial charge in [-0.15, -0.1) is 0 Å². The van der Waals surface area contributed by atoms with Gasteiger partial charge in [-0.05, 0) is 64.7 Å². The Morgan fingerprint density at radius 1 is 0.767 bits per heavy atom. The molecule has 30 heavy (non-hydrogen) atoms. The van der Waals surface area contributed by atoms with Gasteiger partial charge in [-0.1, -0.05) is 48.6 Å². The number of aromatic amines is 1. The van der Waals surface area contributed by atoms with Gasteiger partial charge >= 0.3 is 0 Å². The SMILES string of the molecule is C1=CC(n2ncc3c4c(ccc32)[nH]c2cc3c(ccc5ccccc53)cc24)=CCC1. The molecule has 0 radical (unpaired) electrons. The van der Waals surface area contributed by atoms with Gasteiger partial charge in [0.1, 0.15) is 0 Å². The normalized spacial score (nSPS) is 14.5. The predicted molar refractivity (Wildman–Crippen MR) is 127 cm³/mol. The second kappa shape index (κ2) is 5.83. The molecule has 0 saturated carbocycles. The fourth-order valence-corrected chi connectivity index (χ4v) is 4.97. The second-order valence-electron chi connectivity index (χ2n) is 8.12. The van der Waals surface area contributed by atoms with Gasteiger partial charge in [0.25, 0.3) is 0 Å². The highest BCUT2D eigenvalue weighted by molar-refractivity contribution is 6.23. The molecule has 1 aliphatic carbocycles. The largest absolute Gasteiger partial charge is 0.354 e. The molecule has 3 heteroatoms. The molecule has 1 aliphatic rings. The maximum atomic E-state index is 4.74. The van der Waals surface area contributed by atoms with Crippen LogP contribution >= 0.6 is 0 Å². The van der Waals surface area contributed by atoms with Crippen LogP contribution in [-0.4, -0.2) is 14.8 Å². The molecule has 0 aliphatic heterocycles. The van der Waals surface area contributed by atoms with E-state index in [4.69, 9.17) is 5.10 Å². The van der Waals surface area contributed by atoms with E-state index in [0.717, 1.165) is 29.6 Å². The van der Waals surface area contributed by atoms with Gasteiger partial charge in [0.05, 0.1) is 17.4 Å². The Kier molecular flexibility index (Phi) is 3.11. The molecule has 0 fully saturated rings. The summed E-state index contributed by atoms with van der Waals surface area (Å²) in [6.45, 7) is 0. The van der Waals surface area contributed by atoms with Crippen molar-refractivity contribution in [2.75, 3.05) is 0 Å². The van der Waals surface area contributed by atoms with Crippen LogP contribution in [0.1, 0.15) is 12.8 Å². The van der Waals surface area contributed by atoms with Gasteiger partial charge in [-0.3, -0.25) is 0 Å². The lowest BCUT2D eigenvalue weighted by Gasteiger charge is -2.08. The molecule has 2 aromatic heterocycles. The van der Waals surface area contributed by atoms with Gasteiger partial charge in [0.15, 0.2) is 0 Å². The average Bonchev–Trinajstić information content (AvgIpc) is 3.39. The fraction of sp³-hybridized carbons (Fsp3) is 0.0741. The lowest BCUT2D eigenvalue weighted by molar-refractivity contribution is 0.914. The Labute approximate surface area is 172 Å². The summed E-state index contributed by atoms with van der Waals surface area (Å²) < 4.78 is 2.07. The van der Waals surface area contributed by atoms with Crippen LogP contribution < -0.4 is 0 Å². The van der Waals surface area contributed by atoms with E-state index in [1.807, 2.05) is 6.20 Å². The fourth-order valence-electron chi connectivity index (χ4n) is 4.97. The summed E-state index contributed by atoms with van der Waals surface area (Å²) in [4.78, 5) is 3.65. The van der Waals surface area contributed by atoms with Crippen LogP contribution in [-0.2, 0) is 0 Å². The van der Waals surface area contributed by atoms with Crippen molar-refractivity contribution in [2.45, 2.75) is 12.8 Å². The van der Waals surface area contributed by atoms with Crippen molar-refractivity contribution in [2.24, 2.45) is 0 Å². The van der Waals surface area contributed by atoms with Crippen LogP contribution in [0.25, 0.3) is 60.0 Å². The third-order valence-electron chi connectivity index (χ3n) is 6.39. The van der Waals surface area contributed by atoms with Crippen molar-refractivity contribution in [1.29, 1.82) is 0 Å². The molecule has 0 atom stereocenters. The van der Waals surface area contributed by atoms with Gasteiger partial charge < -0.3 is 4.98 Å². The molecule has 0 unspecified atom stereocenters. The first-order chi connectivity index (χ1) is 14.9. The molecule has 0 saturated heterocycles. The van der Waals surface area contributed by atoms with Crippen molar-refractivity contribution in [3.8, 4) is 0 Å². The molecule has 1 N–H and O–H groups in total. The van der Waals surface area contributed by atoms with E-state index < -0.39 is 0 Å². The minimum absolute atomic E-state index is 1.07. The monoisotopic (exact) mass is 385 g/mol. The molecule has 7 rings (SSSR count). The minimum atomic E-state index is 1.07. The number of hydrogen-bond donors (Lipinski definition) is 1. The molecule has 4 aromatic carbocycles. The van der Waals surface area contributed by atoms with Crippen molar-refractivity contribution in [3.63, 3.8) is 0 Å². The molecule has 6 aromatic rings. The number of nitrogens with zero attached hydrogens (tertiary/aromatic N) is 2. The van der Waals surface area contributed by atoms with Crippen molar-refractivity contribution < 1.29 is 0 Å². The van der Waals surface area contributed by atoms with Crippen LogP contribution in [0.4, 0.5) is 0 Å². The van der Waals surface area contributed by atoms with Crippen molar-refractivity contribution in [1.82, 2.24) is 14.8 Å². The van der Waals surface area contributed by atoms with E-state index in [0.29, 0.717) is 0 Å². The molecule has 2 heterocycles. The average molecular weight is 385 g/mol. The molecule has 3 nitrogen and oxygen atoms in total. The van der Waals surface area contributed by atoms with Crippen LogP contribution in [0.5, 0.6) is 0 Å². The van der Waals surface area contributed by atoms with Crippen molar-refractivity contribution >= 4 is 60.0 Å². The van der Waals surface area contributed by atoms with Crippen molar-refractivity contribution in [3.05, 3.63) is 85.1 Å². The maximum Gasteiger partial charge on any atom is 0.0748 e. The summed E-state index contributed by atoms with van der Waals surface area (Å²) in [6, 6.07) is 22.0. The summed E-state index contributed by atoms with van der Waals surface area (Å²) >= 11 is 0. The lowest BCUT2D eigenvalue weighted by Crippen LogP contribution is -1.98. The Morgan fingerprint density at radius 2 is 1.70 bits per heavy atom. The number of nitrogens with one attached hydrogen (secondary N) is 1. The number of hydrogen-bond acceptors (Lipinski definition) is 1. The Bertz CT molecular complexity index is 1690. The molecule has 0 bridgehead atoms. The number of aromatic nitrogens is 3. The number of rotatable bonds is 1. The third kappa shape index (κ3) is 2.12. The summed E-state index contributed by atoms with van der Waals surface area (Å²) in [6.07, 6.45) is 10.9. The molecule has 0 spiro atoms. The molecular weight excluding hydrogens is 366 g/mol. The molecule has 142 valence electrons. The first-order valence-electron chi connectivity index (χ1n) is 10.5. The van der Waals surface area contributed by atoms with Crippen LogP contribution in [0, 0.1) is 0 Å².